The maximum absolute atomic E-state index is 13.5. The lowest BCUT2D eigenvalue weighted by Gasteiger charge is -2.24. The van der Waals surface area contributed by atoms with Crippen LogP contribution in [0, 0.1) is 6.92 Å². The number of aromatic nitrogens is 1. The number of hydrogen-bond acceptors (Lipinski definition) is 6. The van der Waals surface area contributed by atoms with Crippen LogP contribution in [0.3, 0.4) is 0 Å². The molecule has 0 saturated carbocycles. The van der Waals surface area contributed by atoms with Crippen LogP contribution < -0.4 is 14.4 Å². The number of aryl methyl sites for hydroxylation is 1. The summed E-state index contributed by atoms with van der Waals surface area (Å²) in [7, 11) is 3.26. The van der Waals surface area contributed by atoms with Gasteiger partial charge in [-0.1, -0.05) is 42.9 Å². The average molecular weight is 428 g/mol. The Kier molecular flexibility index (Phi) is 7.29. The molecule has 0 atom stereocenters. The number of ether oxygens (including phenoxy) is 2. The number of likely N-dealkylation sites (N-methyl/N-ethyl adjacent to an activating group) is 1. The molecular weight excluding hydrogens is 398 g/mol. The number of carbonyl (C=O) groups excluding carboxylic acids is 1. The molecule has 6 nitrogen and oxygen atoms in total. The van der Waals surface area contributed by atoms with Crippen molar-refractivity contribution in [3.63, 3.8) is 0 Å². The van der Waals surface area contributed by atoms with Crippen LogP contribution in [0.5, 0.6) is 11.5 Å². The van der Waals surface area contributed by atoms with Crippen molar-refractivity contribution in [2.75, 3.05) is 45.3 Å². The SMILES string of the molecule is CCN(CC)CCN(C(=O)c1cccc(C)c1)c1nc2c(OC)ccc(OC)c2s1. The second-order valence-corrected chi connectivity index (χ2v) is 7.97. The van der Waals surface area contributed by atoms with Gasteiger partial charge in [0, 0.05) is 18.7 Å². The molecule has 0 fully saturated rings. The Morgan fingerprint density at radius 1 is 1.03 bits per heavy atom. The van der Waals surface area contributed by atoms with Gasteiger partial charge >= 0.3 is 0 Å². The Morgan fingerprint density at radius 2 is 1.73 bits per heavy atom. The van der Waals surface area contributed by atoms with Crippen molar-refractivity contribution in [2.24, 2.45) is 0 Å². The minimum atomic E-state index is -0.0529. The average Bonchev–Trinajstić information content (AvgIpc) is 3.21. The first-order valence-corrected chi connectivity index (χ1v) is 11.0. The largest absolute Gasteiger partial charge is 0.495 e. The van der Waals surface area contributed by atoms with Crippen LogP contribution in [0.25, 0.3) is 10.2 Å². The number of anilines is 1. The van der Waals surface area contributed by atoms with E-state index in [-0.39, 0.29) is 5.91 Å². The fourth-order valence-electron chi connectivity index (χ4n) is 3.39. The fourth-order valence-corrected chi connectivity index (χ4v) is 4.49. The Bertz CT molecular complexity index is 973. The molecule has 2 aromatic carbocycles. The molecular formula is C23H29N3O3S. The molecule has 160 valence electrons. The van der Waals surface area contributed by atoms with Gasteiger partial charge in [-0.3, -0.25) is 9.69 Å². The van der Waals surface area contributed by atoms with Gasteiger partial charge in [-0.15, -0.1) is 0 Å². The van der Waals surface area contributed by atoms with Crippen molar-refractivity contribution < 1.29 is 14.3 Å². The van der Waals surface area contributed by atoms with Gasteiger partial charge in [0.05, 0.1) is 14.2 Å². The summed E-state index contributed by atoms with van der Waals surface area (Å²) in [5.74, 6) is 1.34. The van der Waals surface area contributed by atoms with Gasteiger partial charge in [0.2, 0.25) is 0 Å². The van der Waals surface area contributed by atoms with E-state index in [4.69, 9.17) is 14.5 Å². The highest BCUT2D eigenvalue weighted by molar-refractivity contribution is 7.22. The highest BCUT2D eigenvalue weighted by Gasteiger charge is 2.24. The van der Waals surface area contributed by atoms with Gasteiger partial charge in [-0.2, -0.15) is 0 Å². The zero-order valence-electron chi connectivity index (χ0n) is 18.3. The van der Waals surface area contributed by atoms with Crippen molar-refractivity contribution in [1.82, 2.24) is 9.88 Å². The highest BCUT2D eigenvalue weighted by atomic mass is 32.1. The number of amides is 1. The fraction of sp³-hybridized carbons (Fsp3) is 0.391. The Labute approximate surface area is 182 Å². The monoisotopic (exact) mass is 427 g/mol. The van der Waals surface area contributed by atoms with Crippen molar-refractivity contribution in [1.29, 1.82) is 0 Å². The first-order valence-electron chi connectivity index (χ1n) is 10.1. The third-order valence-electron chi connectivity index (χ3n) is 5.17. The smallest absolute Gasteiger partial charge is 0.260 e. The summed E-state index contributed by atoms with van der Waals surface area (Å²) < 4.78 is 11.9. The molecule has 3 aromatic rings. The summed E-state index contributed by atoms with van der Waals surface area (Å²) in [5, 5.41) is 0.645. The summed E-state index contributed by atoms with van der Waals surface area (Å²) in [5.41, 5.74) is 2.42. The second-order valence-electron chi connectivity index (χ2n) is 7.00. The quantitative estimate of drug-likeness (QED) is 0.499. The van der Waals surface area contributed by atoms with Gasteiger partial charge in [0.1, 0.15) is 21.7 Å². The molecule has 0 unspecified atom stereocenters. The molecule has 1 amide bonds. The molecule has 0 saturated heterocycles. The Hall–Kier alpha value is -2.64. The lowest BCUT2D eigenvalue weighted by Crippen LogP contribution is -2.38. The van der Waals surface area contributed by atoms with E-state index in [0.717, 1.165) is 35.6 Å². The number of carbonyl (C=O) groups is 1. The predicted molar refractivity (Wildman–Crippen MR) is 123 cm³/mol. The second kappa shape index (κ2) is 9.91. The molecule has 0 aliphatic rings. The number of rotatable bonds is 9. The van der Waals surface area contributed by atoms with E-state index in [1.54, 1.807) is 19.1 Å². The van der Waals surface area contributed by atoms with E-state index in [1.165, 1.54) is 11.3 Å². The van der Waals surface area contributed by atoms with E-state index >= 15 is 0 Å². The van der Waals surface area contributed by atoms with Gasteiger partial charge in [0.25, 0.3) is 5.91 Å². The third-order valence-corrected chi connectivity index (χ3v) is 6.27. The number of thiazole rings is 1. The predicted octanol–water partition coefficient (Wildman–Crippen LogP) is 4.61. The standard InChI is InChI=1S/C23H29N3O3S/c1-6-25(7-2)13-14-26(22(27)17-10-8-9-16(3)15-17)23-24-20-18(28-4)11-12-19(29-5)21(20)30-23/h8-12,15H,6-7,13-14H2,1-5H3. The Morgan fingerprint density at radius 3 is 2.37 bits per heavy atom. The van der Waals surface area contributed by atoms with Crippen LogP contribution >= 0.6 is 11.3 Å². The van der Waals surface area contributed by atoms with Crippen LogP contribution in [-0.2, 0) is 0 Å². The van der Waals surface area contributed by atoms with E-state index in [9.17, 15) is 4.79 Å². The van der Waals surface area contributed by atoms with Crippen molar-refractivity contribution in [3.8, 4) is 11.5 Å². The normalized spacial score (nSPS) is 11.1. The van der Waals surface area contributed by atoms with Gasteiger partial charge < -0.3 is 14.4 Å². The minimum absolute atomic E-state index is 0.0529. The van der Waals surface area contributed by atoms with Gasteiger partial charge in [0.15, 0.2) is 5.13 Å². The van der Waals surface area contributed by atoms with Gasteiger partial charge in [-0.05, 0) is 44.3 Å². The van der Waals surface area contributed by atoms with Crippen molar-refractivity contribution in [2.45, 2.75) is 20.8 Å². The Balaban J connectivity index is 2.06. The summed E-state index contributed by atoms with van der Waals surface area (Å²) in [6.45, 7) is 9.44. The highest BCUT2D eigenvalue weighted by Crippen LogP contribution is 2.40. The van der Waals surface area contributed by atoms with Crippen molar-refractivity contribution >= 4 is 32.6 Å². The number of benzene rings is 2. The molecule has 0 spiro atoms. The molecule has 1 aromatic heterocycles. The third kappa shape index (κ3) is 4.57. The zero-order chi connectivity index (χ0) is 21.7. The van der Waals surface area contributed by atoms with E-state index < -0.39 is 0 Å². The zero-order valence-corrected chi connectivity index (χ0v) is 19.1. The van der Waals surface area contributed by atoms with Crippen LogP contribution in [-0.4, -0.2) is 56.2 Å². The molecule has 0 aliphatic carbocycles. The first-order chi connectivity index (χ1) is 14.5. The number of hydrogen-bond donors (Lipinski definition) is 0. The van der Waals surface area contributed by atoms with Crippen LogP contribution in [0.1, 0.15) is 29.8 Å². The summed E-state index contributed by atoms with van der Waals surface area (Å²) in [6, 6.07) is 11.4. The molecule has 1 heterocycles. The van der Waals surface area contributed by atoms with Gasteiger partial charge in [-0.25, -0.2) is 4.98 Å². The summed E-state index contributed by atoms with van der Waals surface area (Å²) in [6.07, 6.45) is 0. The number of fused-ring (bicyclic) bond motifs is 1. The van der Waals surface area contributed by atoms with Crippen LogP contribution in [0.15, 0.2) is 36.4 Å². The molecule has 7 heteroatoms. The number of nitrogens with zero attached hydrogens (tertiary/aromatic N) is 3. The minimum Gasteiger partial charge on any atom is -0.495 e. The molecule has 0 N–H and O–H groups in total. The lowest BCUT2D eigenvalue weighted by molar-refractivity contribution is 0.0983. The molecule has 0 aliphatic heterocycles. The summed E-state index contributed by atoms with van der Waals surface area (Å²) in [4.78, 5) is 22.3. The van der Waals surface area contributed by atoms with E-state index in [0.29, 0.717) is 28.5 Å². The molecule has 30 heavy (non-hydrogen) atoms. The lowest BCUT2D eigenvalue weighted by atomic mass is 10.1. The van der Waals surface area contributed by atoms with Crippen LogP contribution in [0.4, 0.5) is 5.13 Å². The van der Waals surface area contributed by atoms with E-state index in [2.05, 4.69) is 18.7 Å². The topological polar surface area (TPSA) is 54.9 Å². The van der Waals surface area contributed by atoms with Crippen molar-refractivity contribution in [3.05, 3.63) is 47.5 Å². The molecule has 3 rings (SSSR count). The molecule has 0 bridgehead atoms. The molecule has 0 radical (unpaired) electrons. The number of methoxy groups -OCH3 is 2. The van der Waals surface area contributed by atoms with E-state index in [1.807, 2.05) is 43.3 Å². The van der Waals surface area contributed by atoms with Crippen LogP contribution in [0.2, 0.25) is 0 Å². The summed E-state index contributed by atoms with van der Waals surface area (Å²) >= 11 is 1.45. The maximum atomic E-state index is 13.5. The first kappa shape index (κ1) is 22.1. The maximum Gasteiger partial charge on any atom is 0.260 e.